The van der Waals surface area contributed by atoms with Crippen LogP contribution in [-0.4, -0.2) is 31.5 Å². The fourth-order valence-electron chi connectivity index (χ4n) is 2.96. The Bertz CT molecular complexity index is 870. The van der Waals surface area contributed by atoms with Crippen LogP contribution in [-0.2, 0) is 9.53 Å². The van der Waals surface area contributed by atoms with Crippen LogP contribution in [0.3, 0.4) is 0 Å². The SMILES string of the molecule is CCOC(=O)C1=C(c2ccc(OC)cc2)[C@@H](C(=O)c2ccc(C)cc2)NN1. The lowest BCUT2D eigenvalue weighted by Gasteiger charge is -2.14. The van der Waals surface area contributed by atoms with Gasteiger partial charge in [-0.05, 0) is 31.5 Å². The summed E-state index contributed by atoms with van der Waals surface area (Å²) in [4.78, 5) is 25.5. The van der Waals surface area contributed by atoms with Crippen molar-refractivity contribution in [2.75, 3.05) is 13.7 Å². The number of rotatable bonds is 6. The van der Waals surface area contributed by atoms with Crippen LogP contribution in [0.1, 0.15) is 28.4 Å². The van der Waals surface area contributed by atoms with E-state index in [1.54, 1.807) is 38.3 Å². The first kappa shape index (κ1) is 18.7. The van der Waals surface area contributed by atoms with Gasteiger partial charge in [-0.15, -0.1) is 0 Å². The molecule has 0 saturated heterocycles. The molecule has 1 aliphatic rings. The number of carbonyl (C=O) groups excluding carboxylic acids is 2. The van der Waals surface area contributed by atoms with Gasteiger partial charge in [0.2, 0.25) is 0 Å². The normalized spacial score (nSPS) is 16.0. The second-order valence-corrected chi connectivity index (χ2v) is 6.17. The summed E-state index contributed by atoms with van der Waals surface area (Å²) in [5.74, 6) is 0.0556. The summed E-state index contributed by atoms with van der Waals surface area (Å²) >= 11 is 0. The van der Waals surface area contributed by atoms with E-state index in [1.807, 2.05) is 31.2 Å². The van der Waals surface area contributed by atoms with Crippen LogP contribution in [0.2, 0.25) is 0 Å². The number of Topliss-reactive ketones (excluding diaryl/α,β-unsaturated/α-hetero) is 1. The van der Waals surface area contributed by atoms with Crippen molar-refractivity contribution in [2.24, 2.45) is 0 Å². The maximum atomic E-state index is 13.1. The number of carbonyl (C=O) groups is 2. The van der Waals surface area contributed by atoms with Gasteiger partial charge in [0.05, 0.1) is 13.7 Å². The molecule has 3 rings (SSSR count). The molecule has 0 saturated carbocycles. The highest BCUT2D eigenvalue weighted by Gasteiger charge is 2.35. The fraction of sp³-hybridized carbons (Fsp3) is 0.238. The minimum absolute atomic E-state index is 0.132. The molecule has 6 heteroatoms. The van der Waals surface area contributed by atoms with E-state index in [9.17, 15) is 9.59 Å². The van der Waals surface area contributed by atoms with Gasteiger partial charge in [0.25, 0.3) is 0 Å². The van der Waals surface area contributed by atoms with E-state index < -0.39 is 12.0 Å². The van der Waals surface area contributed by atoms with Crippen molar-refractivity contribution in [1.29, 1.82) is 0 Å². The fourth-order valence-corrected chi connectivity index (χ4v) is 2.96. The van der Waals surface area contributed by atoms with Crippen molar-refractivity contribution >= 4 is 17.3 Å². The molecule has 27 heavy (non-hydrogen) atoms. The van der Waals surface area contributed by atoms with Gasteiger partial charge in [0, 0.05) is 11.1 Å². The van der Waals surface area contributed by atoms with Gasteiger partial charge >= 0.3 is 5.97 Å². The molecule has 1 heterocycles. The third-order valence-electron chi connectivity index (χ3n) is 4.38. The molecule has 0 unspecified atom stereocenters. The summed E-state index contributed by atoms with van der Waals surface area (Å²) in [6.07, 6.45) is 0. The maximum absolute atomic E-state index is 13.1. The van der Waals surface area contributed by atoms with E-state index in [0.717, 1.165) is 11.1 Å². The highest BCUT2D eigenvalue weighted by atomic mass is 16.5. The van der Waals surface area contributed by atoms with Gasteiger partial charge in [-0.2, -0.15) is 0 Å². The van der Waals surface area contributed by atoms with Gasteiger partial charge in [-0.25, -0.2) is 10.2 Å². The molecule has 140 valence electrons. The van der Waals surface area contributed by atoms with E-state index in [-0.39, 0.29) is 18.1 Å². The topological polar surface area (TPSA) is 76.7 Å². The number of methoxy groups -OCH3 is 1. The molecule has 0 bridgehead atoms. The lowest BCUT2D eigenvalue weighted by molar-refractivity contribution is -0.138. The van der Waals surface area contributed by atoms with Crippen LogP contribution < -0.4 is 15.6 Å². The van der Waals surface area contributed by atoms with E-state index in [2.05, 4.69) is 10.9 Å². The number of nitrogens with one attached hydrogen (secondary N) is 2. The molecular weight excluding hydrogens is 344 g/mol. The zero-order valence-electron chi connectivity index (χ0n) is 15.5. The highest BCUT2D eigenvalue weighted by Crippen LogP contribution is 2.29. The van der Waals surface area contributed by atoms with Crippen molar-refractivity contribution in [3.05, 3.63) is 70.9 Å². The van der Waals surface area contributed by atoms with Gasteiger partial charge in [-0.1, -0.05) is 42.0 Å². The zero-order valence-corrected chi connectivity index (χ0v) is 15.5. The van der Waals surface area contributed by atoms with Crippen LogP contribution in [0.15, 0.2) is 54.2 Å². The molecule has 2 aromatic rings. The number of ether oxygens (including phenoxy) is 2. The van der Waals surface area contributed by atoms with Crippen molar-refractivity contribution < 1.29 is 19.1 Å². The first-order valence-electron chi connectivity index (χ1n) is 8.73. The van der Waals surface area contributed by atoms with Gasteiger partial charge in [-0.3, -0.25) is 4.79 Å². The summed E-state index contributed by atoms with van der Waals surface area (Å²) in [7, 11) is 1.58. The Morgan fingerprint density at radius 3 is 2.30 bits per heavy atom. The van der Waals surface area contributed by atoms with Crippen LogP contribution in [0.4, 0.5) is 0 Å². The second kappa shape index (κ2) is 8.05. The Morgan fingerprint density at radius 2 is 1.70 bits per heavy atom. The Kier molecular flexibility index (Phi) is 5.57. The Balaban J connectivity index is 2.02. The number of esters is 1. The van der Waals surface area contributed by atoms with Crippen molar-refractivity contribution in [1.82, 2.24) is 10.9 Å². The predicted octanol–water partition coefficient (Wildman–Crippen LogP) is 2.64. The molecule has 0 fully saturated rings. The van der Waals surface area contributed by atoms with Crippen LogP contribution in [0.25, 0.3) is 5.57 Å². The third kappa shape index (κ3) is 3.85. The Labute approximate surface area is 158 Å². The van der Waals surface area contributed by atoms with Crippen LogP contribution in [0.5, 0.6) is 5.75 Å². The molecule has 0 radical (unpaired) electrons. The third-order valence-corrected chi connectivity index (χ3v) is 4.38. The first-order chi connectivity index (χ1) is 13.0. The minimum Gasteiger partial charge on any atom is -0.497 e. The number of aryl methyl sites for hydroxylation is 1. The van der Waals surface area contributed by atoms with Gasteiger partial charge < -0.3 is 14.9 Å². The number of hydrazine groups is 1. The van der Waals surface area contributed by atoms with E-state index in [1.165, 1.54) is 0 Å². The summed E-state index contributed by atoms with van der Waals surface area (Å²) in [6.45, 7) is 3.95. The van der Waals surface area contributed by atoms with E-state index in [0.29, 0.717) is 16.9 Å². The highest BCUT2D eigenvalue weighted by molar-refractivity contribution is 6.12. The lowest BCUT2D eigenvalue weighted by Crippen LogP contribution is -2.39. The molecule has 1 atom stereocenters. The molecule has 6 nitrogen and oxygen atoms in total. The second-order valence-electron chi connectivity index (χ2n) is 6.17. The number of ketones is 1. The molecule has 2 N–H and O–H groups in total. The number of hydrogen-bond acceptors (Lipinski definition) is 6. The number of hydrogen-bond donors (Lipinski definition) is 2. The smallest absolute Gasteiger partial charge is 0.356 e. The standard InChI is InChI=1S/C21H22N2O4/c1-4-27-21(25)19-17(14-9-11-16(26-3)12-10-14)18(22-23-19)20(24)15-7-5-13(2)6-8-15/h5-12,18,22-23H,4H2,1-3H3/t18-/m0/s1. The number of benzene rings is 2. The average molecular weight is 366 g/mol. The molecule has 0 aliphatic carbocycles. The monoisotopic (exact) mass is 366 g/mol. The molecular formula is C21H22N2O4. The summed E-state index contributed by atoms with van der Waals surface area (Å²) < 4.78 is 10.3. The van der Waals surface area contributed by atoms with E-state index >= 15 is 0 Å². The van der Waals surface area contributed by atoms with Crippen LogP contribution >= 0.6 is 0 Å². The first-order valence-corrected chi connectivity index (χ1v) is 8.73. The maximum Gasteiger partial charge on any atom is 0.356 e. The zero-order chi connectivity index (χ0) is 19.4. The molecule has 0 aromatic heterocycles. The van der Waals surface area contributed by atoms with Crippen molar-refractivity contribution in [3.63, 3.8) is 0 Å². The van der Waals surface area contributed by atoms with Gasteiger partial charge in [0.15, 0.2) is 5.78 Å². The predicted molar refractivity (Wildman–Crippen MR) is 102 cm³/mol. The average Bonchev–Trinajstić information content (AvgIpc) is 3.13. The Morgan fingerprint density at radius 1 is 1.04 bits per heavy atom. The lowest BCUT2D eigenvalue weighted by atomic mass is 9.92. The van der Waals surface area contributed by atoms with Crippen LogP contribution in [0, 0.1) is 6.92 Å². The van der Waals surface area contributed by atoms with Crippen molar-refractivity contribution in [3.8, 4) is 5.75 Å². The van der Waals surface area contributed by atoms with Gasteiger partial charge in [0.1, 0.15) is 17.5 Å². The minimum atomic E-state index is -0.708. The Hall–Kier alpha value is -3.12. The molecule has 1 aliphatic heterocycles. The summed E-state index contributed by atoms with van der Waals surface area (Å²) in [6, 6.07) is 13.8. The quantitative estimate of drug-likeness (QED) is 0.605. The molecule has 0 amide bonds. The largest absolute Gasteiger partial charge is 0.497 e. The van der Waals surface area contributed by atoms with Crippen molar-refractivity contribution in [2.45, 2.75) is 19.9 Å². The van der Waals surface area contributed by atoms with E-state index in [4.69, 9.17) is 9.47 Å². The molecule has 0 spiro atoms. The summed E-state index contributed by atoms with van der Waals surface area (Å²) in [5, 5.41) is 0. The summed E-state index contributed by atoms with van der Waals surface area (Å²) in [5.41, 5.74) is 8.94. The molecule has 2 aromatic carbocycles.